The molecule has 0 aliphatic carbocycles. The zero-order chi connectivity index (χ0) is 13.1. The van der Waals surface area contributed by atoms with Crippen LogP contribution in [0.15, 0.2) is 46.9 Å². The smallest absolute Gasteiger partial charge is 0.0490 e. The van der Waals surface area contributed by atoms with Crippen LogP contribution in [0.1, 0.15) is 24.1 Å². The maximum Gasteiger partial charge on any atom is 0.0490 e. The molecule has 0 fully saturated rings. The summed E-state index contributed by atoms with van der Waals surface area (Å²) >= 11 is 9.45. The molecule has 18 heavy (non-hydrogen) atoms. The molecule has 2 aromatic rings. The van der Waals surface area contributed by atoms with Crippen LogP contribution in [0.5, 0.6) is 0 Å². The number of aryl methyl sites for hydroxylation is 1. The molecule has 0 radical (unpaired) electrons. The number of hydrogen-bond acceptors (Lipinski definition) is 1. The Bertz CT molecular complexity index is 554. The van der Waals surface area contributed by atoms with Crippen molar-refractivity contribution in [1.82, 2.24) is 0 Å². The highest BCUT2D eigenvalue weighted by atomic mass is 79.9. The van der Waals surface area contributed by atoms with Crippen molar-refractivity contribution in [3.63, 3.8) is 0 Å². The molecule has 1 nitrogen and oxygen atoms in total. The lowest BCUT2D eigenvalue weighted by Crippen LogP contribution is -2.07. The normalized spacial score (nSPS) is 12.2. The van der Waals surface area contributed by atoms with Crippen molar-refractivity contribution in [1.29, 1.82) is 0 Å². The van der Waals surface area contributed by atoms with Gasteiger partial charge in [0.15, 0.2) is 0 Å². The first-order valence-corrected chi connectivity index (χ1v) is 7.01. The Balaban J connectivity index is 2.18. The molecule has 0 saturated carbocycles. The second kappa shape index (κ2) is 5.77. The fraction of sp³-hybridized carbons (Fsp3) is 0.200. The molecule has 0 aromatic heterocycles. The molecule has 0 bridgehead atoms. The molecule has 2 rings (SSSR count). The molecular weight excluding hydrogens is 310 g/mol. The monoisotopic (exact) mass is 323 g/mol. The Morgan fingerprint density at radius 1 is 1.17 bits per heavy atom. The average Bonchev–Trinajstić information content (AvgIpc) is 2.32. The van der Waals surface area contributed by atoms with Gasteiger partial charge in [-0.3, -0.25) is 0 Å². The van der Waals surface area contributed by atoms with Crippen LogP contribution in [0, 0.1) is 6.92 Å². The third-order valence-corrected chi connectivity index (χ3v) is 3.74. The minimum absolute atomic E-state index is 0.252. The summed E-state index contributed by atoms with van der Waals surface area (Å²) in [5.41, 5.74) is 3.60. The van der Waals surface area contributed by atoms with E-state index >= 15 is 0 Å². The number of halogens is 2. The van der Waals surface area contributed by atoms with Crippen LogP contribution >= 0.6 is 27.5 Å². The number of benzene rings is 2. The molecule has 0 saturated heterocycles. The van der Waals surface area contributed by atoms with Crippen molar-refractivity contribution < 1.29 is 0 Å². The van der Waals surface area contributed by atoms with Gasteiger partial charge < -0.3 is 5.32 Å². The quantitative estimate of drug-likeness (QED) is 0.776. The Morgan fingerprint density at radius 2 is 1.94 bits per heavy atom. The third-order valence-electron chi connectivity index (χ3n) is 2.85. The van der Waals surface area contributed by atoms with Gasteiger partial charge in [-0.05, 0) is 53.5 Å². The lowest BCUT2D eigenvalue weighted by molar-refractivity contribution is 0.882. The maximum atomic E-state index is 5.93. The van der Waals surface area contributed by atoms with E-state index in [2.05, 4.69) is 59.4 Å². The molecule has 0 heterocycles. The third kappa shape index (κ3) is 3.27. The lowest BCUT2D eigenvalue weighted by atomic mass is 10.1. The SMILES string of the molecule is Cc1cccc(C(C)Nc2ccc(Cl)cc2Br)c1. The molecule has 0 aliphatic rings. The van der Waals surface area contributed by atoms with E-state index in [1.54, 1.807) is 0 Å². The van der Waals surface area contributed by atoms with Crippen LogP contribution in [0.2, 0.25) is 5.02 Å². The summed E-state index contributed by atoms with van der Waals surface area (Å²) in [5.74, 6) is 0. The van der Waals surface area contributed by atoms with Crippen molar-refractivity contribution in [3.8, 4) is 0 Å². The molecule has 94 valence electrons. The van der Waals surface area contributed by atoms with Crippen molar-refractivity contribution >= 4 is 33.2 Å². The summed E-state index contributed by atoms with van der Waals surface area (Å²) < 4.78 is 0.981. The molecule has 0 amide bonds. The summed E-state index contributed by atoms with van der Waals surface area (Å²) in [5, 5.41) is 4.21. The highest BCUT2D eigenvalue weighted by Crippen LogP contribution is 2.29. The minimum atomic E-state index is 0.252. The van der Waals surface area contributed by atoms with E-state index in [1.165, 1.54) is 11.1 Å². The average molecular weight is 325 g/mol. The van der Waals surface area contributed by atoms with E-state index in [4.69, 9.17) is 11.6 Å². The number of nitrogens with one attached hydrogen (secondary N) is 1. The Labute approximate surface area is 121 Å². The van der Waals surface area contributed by atoms with Gasteiger partial charge in [-0.15, -0.1) is 0 Å². The highest BCUT2D eigenvalue weighted by Gasteiger charge is 2.07. The first-order chi connectivity index (χ1) is 8.56. The van der Waals surface area contributed by atoms with Gasteiger partial charge in [-0.1, -0.05) is 41.4 Å². The zero-order valence-corrected chi connectivity index (χ0v) is 12.7. The lowest BCUT2D eigenvalue weighted by Gasteiger charge is -2.17. The van der Waals surface area contributed by atoms with E-state index in [1.807, 2.05) is 18.2 Å². The Kier molecular flexibility index (Phi) is 4.31. The summed E-state index contributed by atoms with van der Waals surface area (Å²) in [6, 6.07) is 14.5. The first-order valence-electron chi connectivity index (χ1n) is 5.84. The molecule has 0 spiro atoms. The number of rotatable bonds is 3. The summed E-state index contributed by atoms with van der Waals surface area (Å²) in [6.07, 6.45) is 0. The van der Waals surface area contributed by atoms with E-state index in [0.717, 1.165) is 15.2 Å². The largest absolute Gasteiger partial charge is 0.378 e. The number of hydrogen-bond donors (Lipinski definition) is 1. The number of anilines is 1. The molecule has 2 aromatic carbocycles. The molecule has 1 N–H and O–H groups in total. The van der Waals surface area contributed by atoms with E-state index in [0.29, 0.717) is 0 Å². The van der Waals surface area contributed by atoms with E-state index in [-0.39, 0.29) is 6.04 Å². The van der Waals surface area contributed by atoms with Crippen LogP contribution in [-0.2, 0) is 0 Å². The van der Waals surface area contributed by atoms with Crippen LogP contribution in [-0.4, -0.2) is 0 Å². The van der Waals surface area contributed by atoms with Gasteiger partial charge >= 0.3 is 0 Å². The van der Waals surface area contributed by atoms with Crippen LogP contribution in [0.4, 0.5) is 5.69 Å². The van der Waals surface area contributed by atoms with Crippen molar-refractivity contribution in [2.24, 2.45) is 0 Å². The van der Waals surface area contributed by atoms with E-state index < -0.39 is 0 Å². The molecular formula is C15H15BrClN. The van der Waals surface area contributed by atoms with Gasteiger partial charge in [0.1, 0.15) is 0 Å². The molecule has 1 unspecified atom stereocenters. The maximum absolute atomic E-state index is 5.93. The van der Waals surface area contributed by atoms with Crippen molar-refractivity contribution in [2.45, 2.75) is 19.9 Å². The Morgan fingerprint density at radius 3 is 2.61 bits per heavy atom. The molecule has 3 heteroatoms. The van der Waals surface area contributed by atoms with Gasteiger partial charge in [0.2, 0.25) is 0 Å². The summed E-state index contributed by atoms with van der Waals surface area (Å²) in [6.45, 7) is 4.25. The predicted molar refractivity (Wildman–Crippen MR) is 82.4 cm³/mol. The highest BCUT2D eigenvalue weighted by molar-refractivity contribution is 9.10. The van der Waals surface area contributed by atoms with Gasteiger partial charge in [-0.2, -0.15) is 0 Å². The van der Waals surface area contributed by atoms with Crippen molar-refractivity contribution in [3.05, 3.63) is 63.1 Å². The van der Waals surface area contributed by atoms with Gasteiger partial charge in [0.05, 0.1) is 0 Å². The zero-order valence-electron chi connectivity index (χ0n) is 10.4. The van der Waals surface area contributed by atoms with E-state index in [9.17, 15) is 0 Å². The van der Waals surface area contributed by atoms with Crippen molar-refractivity contribution in [2.75, 3.05) is 5.32 Å². The topological polar surface area (TPSA) is 12.0 Å². The van der Waals surface area contributed by atoms with Crippen LogP contribution in [0.3, 0.4) is 0 Å². The minimum Gasteiger partial charge on any atom is -0.378 e. The summed E-state index contributed by atoms with van der Waals surface area (Å²) in [7, 11) is 0. The summed E-state index contributed by atoms with van der Waals surface area (Å²) in [4.78, 5) is 0. The van der Waals surface area contributed by atoms with Gasteiger partial charge in [0.25, 0.3) is 0 Å². The van der Waals surface area contributed by atoms with Gasteiger partial charge in [-0.25, -0.2) is 0 Å². The molecule has 1 atom stereocenters. The molecule has 0 aliphatic heterocycles. The predicted octanol–water partition coefficient (Wildman–Crippen LogP) is 5.58. The fourth-order valence-corrected chi connectivity index (χ4v) is 2.66. The van der Waals surface area contributed by atoms with Crippen LogP contribution in [0.25, 0.3) is 0 Å². The Hall–Kier alpha value is -0.990. The van der Waals surface area contributed by atoms with Gasteiger partial charge in [0, 0.05) is 21.2 Å². The second-order valence-electron chi connectivity index (χ2n) is 4.40. The standard InChI is InChI=1S/C15H15BrClN/c1-10-4-3-5-12(8-10)11(2)18-15-7-6-13(17)9-14(15)16/h3-9,11,18H,1-2H3. The van der Waals surface area contributed by atoms with Crippen LogP contribution < -0.4 is 5.32 Å². The second-order valence-corrected chi connectivity index (χ2v) is 5.70. The fourth-order valence-electron chi connectivity index (χ4n) is 1.86. The first kappa shape index (κ1) is 13.4.